The van der Waals surface area contributed by atoms with Gasteiger partial charge in [0.1, 0.15) is 17.8 Å². The summed E-state index contributed by atoms with van der Waals surface area (Å²) in [5.41, 5.74) is -1.19. The third-order valence-electron chi connectivity index (χ3n) is 3.41. The van der Waals surface area contributed by atoms with E-state index in [9.17, 15) is 9.59 Å². The van der Waals surface area contributed by atoms with Crippen LogP contribution in [0.3, 0.4) is 0 Å². The van der Waals surface area contributed by atoms with E-state index < -0.39 is 11.4 Å². The van der Waals surface area contributed by atoms with E-state index in [0.29, 0.717) is 30.2 Å². The van der Waals surface area contributed by atoms with Crippen molar-refractivity contribution in [2.45, 2.75) is 12.8 Å². The van der Waals surface area contributed by atoms with Crippen LogP contribution in [0.5, 0.6) is 5.75 Å². The van der Waals surface area contributed by atoms with Crippen LogP contribution in [0.2, 0.25) is 5.02 Å². The average molecular weight is 298 g/mol. The molecule has 0 radical (unpaired) electrons. The number of carboxylic acid groups (broad SMARTS) is 1. The van der Waals surface area contributed by atoms with Gasteiger partial charge in [0.2, 0.25) is 5.91 Å². The van der Waals surface area contributed by atoms with Crippen LogP contribution in [0.4, 0.5) is 0 Å². The Morgan fingerprint density at radius 2 is 2.15 bits per heavy atom. The van der Waals surface area contributed by atoms with Crippen molar-refractivity contribution in [1.82, 2.24) is 4.90 Å². The molecule has 6 heteroatoms. The molecule has 0 aromatic heterocycles. The van der Waals surface area contributed by atoms with Gasteiger partial charge in [0.15, 0.2) is 0 Å². The lowest BCUT2D eigenvalue weighted by molar-refractivity contribution is -0.153. The predicted octanol–water partition coefficient (Wildman–Crippen LogP) is 2.04. The topological polar surface area (TPSA) is 66.8 Å². The van der Waals surface area contributed by atoms with Crippen molar-refractivity contribution in [3.05, 3.63) is 29.3 Å². The molecule has 1 N–H and O–H groups in total. The maximum atomic E-state index is 12.0. The van der Waals surface area contributed by atoms with E-state index in [0.717, 1.165) is 0 Å². The van der Waals surface area contributed by atoms with Crippen molar-refractivity contribution in [2.24, 2.45) is 5.41 Å². The Hall–Kier alpha value is -1.75. The van der Waals surface area contributed by atoms with Gasteiger partial charge in [0.25, 0.3) is 0 Å². The first-order valence-electron chi connectivity index (χ1n) is 6.33. The van der Waals surface area contributed by atoms with Crippen LogP contribution in [0.1, 0.15) is 12.8 Å². The Labute approximate surface area is 122 Å². The fourth-order valence-corrected chi connectivity index (χ4v) is 2.15. The highest BCUT2D eigenvalue weighted by Gasteiger charge is 2.58. The summed E-state index contributed by atoms with van der Waals surface area (Å²) in [6.45, 7) is 0.624. The van der Waals surface area contributed by atoms with Gasteiger partial charge in [0.05, 0.1) is 6.54 Å². The molecule has 1 aliphatic carbocycles. The second-order valence-corrected chi connectivity index (χ2v) is 5.36. The summed E-state index contributed by atoms with van der Waals surface area (Å²) >= 11 is 5.83. The van der Waals surface area contributed by atoms with Gasteiger partial charge >= 0.3 is 5.97 Å². The molecule has 0 aliphatic heterocycles. The highest BCUT2D eigenvalue weighted by Crippen LogP contribution is 2.47. The maximum absolute atomic E-state index is 12.0. The SMILES string of the molecule is CN(CCOc1cccc(Cl)c1)C(=O)C1(C(=O)O)CC1. The lowest BCUT2D eigenvalue weighted by Crippen LogP contribution is -2.40. The van der Waals surface area contributed by atoms with Gasteiger partial charge in [-0.3, -0.25) is 9.59 Å². The van der Waals surface area contributed by atoms with Crippen molar-refractivity contribution in [3.63, 3.8) is 0 Å². The molecule has 0 bridgehead atoms. The van der Waals surface area contributed by atoms with E-state index in [4.69, 9.17) is 21.4 Å². The van der Waals surface area contributed by atoms with Crippen molar-refractivity contribution >= 4 is 23.5 Å². The third-order valence-corrected chi connectivity index (χ3v) is 3.64. The summed E-state index contributed by atoms with van der Waals surface area (Å²) in [5, 5.41) is 9.64. The number of rotatable bonds is 6. The number of carbonyl (C=O) groups is 2. The molecule has 20 heavy (non-hydrogen) atoms. The van der Waals surface area contributed by atoms with Crippen molar-refractivity contribution in [3.8, 4) is 5.75 Å². The molecule has 1 aliphatic rings. The van der Waals surface area contributed by atoms with E-state index in [1.807, 2.05) is 0 Å². The fourth-order valence-electron chi connectivity index (χ4n) is 1.97. The summed E-state index contributed by atoms with van der Waals surface area (Å²) < 4.78 is 5.48. The Morgan fingerprint density at radius 3 is 2.70 bits per heavy atom. The number of aliphatic carboxylic acids is 1. The number of likely N-dealkylation sites (N-methyl/N-ethyl adjacent to an activating group) is 1. The number of amides is 1. The van der Waals surface area contributed by atoms with Crippen LogP contribution < -0.4 is 4.74 Å². The molecule has 108 valence electrons. The first-order chi connectivity index (χ1) is 9.45. The molecular formula is C14H16ClNO4. The first-order valence-corrected chi connectivity index (χ1v) is 6.71. The smallest absolute Gasteiger partial charge is 0.319 e. The van der Waals surface area contributed by atoms with Gasteiger partial charge in [-0.15, -0.1) is 0 Å². The summed E-state index contributed by atoms with van der Waals surface area (Å²) in [5.74, 6) is -0.762. The number of benzene rings is 1. The quantitative estimate of drug-likeness (QED) is 0.816. The zero-order chi connectivity index (χ0) is 14.8. The molecule has 0 unspecified atom stereocenters. The van der Waals surface area contributed by atoms with Gasteiger partial charge in [-0.2, -0.15) is 0 Å². The number of nitrogens with zero attached hydrogens (tertiary/aromatic N) is 1. The molecule has 5 nitrogen and oxygen atoms in total. The number of carbonyl (C=O) groups excluding carboxylic acids is 1. The van der Waals surface area contributed by atoms with Crippen molar-refractivity contribution in [1.29, 1.82) is 0 Å². The largest absolute Gasteiger partial charge is 0.492 e. The summed E-state index contributed by atoms with van der Waals surface area (Å²) in [6.07, 6.45) is 0.835. The Kier molecular flexibility index (Phi) is 4.18. The zero-order valence-electron chi connectivity index (χ0n) is 11.1. The average Bonchev–Trinajstić information content (AvgIpc) is 3.19. The van der Waals surface area contributed by atoms with E-state index in [-0.39, 0.29) is 12.5 Å². The maximum Gasteiger partial charge on any atom is 0.319 e. The van der Waals surface area contributed by atoms with Crippen LogP contribution >= 0.6 is 11.6 Å². The highest BCUT2D eigenvalue weighted by molar-refractivity contribution is 6.30. The fraction of sp³-hybridized carbons (Fsp3) is 0.429. The molecule has 0 spiro atoms. The van der Waals surface area contributed by atoms with Gasteiger partial charge in [-0.05, 0) is 31.0 Å². The van der Waals surface area contributed by atoms with Crippen LogP contribution in [-0.2, 0) is 9.59 Å². The van der Waals surface area contributed by atoms with E-state index in [2.05, 4.69) is 0 Å². The van der Waals surface area contributed by atoms with Crippen LogP contribution in [-0.4, -0.2) is 42.1 Å². The van der Waals surface area contributed by atoms with Gasteiger partial charge in [0, 0.05) is 12.1 Å². The second kappa shape index (κ2) is 5.71. The summed E-state index contributed by atoms with van der Waals surface area (Å²) in [6, 6.07) is 6.97. The number of hydrogen-bond donors (Lipinski definition) is 1. The minimum Gasteiger partial charge on any atom is -0.492 e. The molecular weight excluding hydrogens is 282 g/mol. The van der Waals surface area contributed by atoms with Crippen LogP contribution in [0.15, 0.2) is 24.3 Å². The Balaban J connectivity index is 1.82. The van der Waals surface area contributed by atoms with Crippen LogP contribution in [0, 0.1) is 5.41 Å². The molecule has 1 amide bonds. The molecule has 0 atom stereocenters. The molecule has 1 aromatic carbocycles. The number of halogens is 1. The molecule has 2 rings (SSSR count). The monoisotopic (exact) mass is 297 g/mol. The highest BCUT2D eigenvalue weighted by atomic mass is 35.5. The Morgan fingerprint density at radius 1 is 1.45 bits per heavy atom. The Bertz CT molecular complexity index is 528. The molecule has 0 saturated heterocycles. The van der Waals surface area contributed by atoms with Crippen molar-refractivity contribution in [2.75, 3.05) is 20.2 Å². The number of hydrogen-bond acceptors (Lipinski definition) is 3. The van der Waals surface area contributed by atoms with Gasteiger partial charge in [-0.1, -0.05) is 17.7 Å². The van der Waals surface area contributed by atoms with E-state index in [1.165, 1.54) is 4.90 Å². The zero-order valence-corrected chi connectivity index (χ0v) is 11.9. The minimum atomic E-state index is -1.19. The molecule has 1 saturated carbocycles. The van der Waals surface area contributed by atoms with Gasteiger partial charge in [-0.25, -0.2) is 0 Å². The predicted molar refractivity (Wildman–Crippen MR) is 73.9 cm³/mol. The molecule has 0 heterocycles. The molecule has 1 fully saturated rings. The minimum absolute atomic E-state index is 0.290. The third kappa shape index (κ3) is 3.04. The lowest BCUT2D eigenvalue weighted by Gasteiger charge is -2.21. The second-order valence-electron chi connectivity index (χ2n) is 4.92. The number of ether oxygens (including phenoxy) is 1. The molecule has 1 aromatic rings. The first kappa shape index (κ1) is 14.7. The normalized spacial score (nSPS) is 15.5. The summed E-state index contributed by atoms with van der Waals surface area (Å²) in [4.78, 5) is 24.5. The van der Waals surface area contributed by atoms with Crippen LogP contribution in [0.25, 0.3) is 0 Å². The lowest BCUT2D eigenvalue weighted by atomic mass is 10.1. The summed E-state index contributed by atoms with van der Waals surface area (Å²) in [7, 11) is 1.59. The standard InChI is InChI=1S/C14H16ClNO4/c1-16(12(17)14(5-6-14)13(18)19)7-8-20-11-4-2-3-10(15)9-11/h2-4,9H,5-8H2,1H3,(H,18,19). The number of carboxylic acids is 1. The van der Waals surface area contributed by atoms with Gasteiger partial charge < -0.3 is 14.7 Å². The van der Waals surface area contributed by atoms with E-state index in [1.54, 1.807) is 31.3 Å². The van der Waals surface area contributed by atoms with E-state index >= 15 is 0 Å². The van der Waals surface area contributed by atoms with Crippen molar-refractivity contribution < 1.29 is 19.4 Å².